The van der Waals surface area contributed by atoms with Crippen molar-refractivity contribution in [3.8, 4) is 5.75 Å². The number of aromatic amines is 1. The van der Waals surface area contributed by atoms with Crippen LogP contribution in [-0.4, -0.2) is 31.4 Å². The van der Waals surface area contributed by atoms with E-state index in [4.69, 9.17) is 4.74 Å². The summed E-state index contributed by atoms with van der Waals surface area (Å²) in [5.74, 6) is 0.540. The second-order valence-corrected chi connectivity index (χ2v) is 8.10. The molecule has 0 bridgehead atoms. The molecule has 8 nitrogen and oxygen atoms in total. The minimum absolute atomic E-state index is 0.106. The quantitative estimate of drug-likeness (QED) is 0.439. The summed E-state index contributed by atoms with van der Waals surface area (Å²) in [7, 11) is -2.25. The van der Waals surface area contributed by atoms with Crippen LogP contribution in [0.2, 0.25) is 0 Å². The summed E-state index contributed by atoms with van der Waals surface area (Å²) in [6.07, 6.45) is 0. The molecule has 30 heavy (non-hydrogen) atoms. The van der Waals surface area contributed by atoms with E-state index in [2.05, 4.69) is 20.0 Å². The van der Waals surface area contributed by atoms with E-state index in [-0.39, 0.29) is 10.8 Å². The van der Waals surface area contributed by atoms with Crippen molar-refractivity contribution in [2.45, 2.75) is 4.90 Å². The molecule has 0 fully saturated rings. The number of ether oxygens (including phenoxy) is 1. The molecule has 3 aromatic carbocycles. The van der Waals surface area contributed by atoms with Gasteiger partial charge in [-0.25, -0.2) is 13.4 Å². The topological polar surface area (TPSA) is 113 Å². The summed E-state index contributed by atoms with van der Waals surface area (Å²) in [6.45, 7) is 0. The van der Waals surface area contributed by atoms with Crippen LogP contribution in [0.3, 0.4) is 0 Å². The number of hydrogen-bond donors (Lipinski definition) is 3. The first kappa shape index (κ1) is 19.5. The highest BCUT2D eigenvalue weighted by atomic mass is 32.2. The van der Waals surface area contributed by atoms with E-state index in [1.165, 1.54) is 43.5 Å². The van der Waals surface area contributed by atoms with E-state index < -0.39 is 10.0 Å². The number of fused-ring (bicyclic) bond motifs is 1. The van der Waals surface area contributed by atoms with E-state index in [1.54, 1.807) is 12.1 Å². The van der Waals surface area contributed by atoms with Gasteiger partial charge in [-0.05, 0) is 60.7 Å². The van der Waals surface area contributed by atoms with Crippen molar-refractivity contribution in [2.24, 2.45) is 0 Å². The lowest BCUT2D eigenvalue weighted by molar-refractivity contribution is 0.102. The second kappa shape index (κ2) is 7.88. The smallest absolute Gasteiger partial charge is 0.261 e. The Hall–Kier alpha value is -3.85. The van der Waals surface area contributed by atoms with Gasteiger partial charge in [-0.3, -0.25) is 14.8 Å². The highest BCUT2D eigenvalue weighted by molar-refractivity contribution is 7.92. The average Bonchev–Trinajstić information content (AvgIpc) is 3.16. The monoisotopic (exact) mass is 422 g/mol. The molecule has 0 atom stereocenters. The van der Waals surface area contributed by atoms with Gasteiger partial charge in [-0.1, -0.05) is 12.1 Å². The van der Waals surface area contributed by atoms with Crippen LogP contribution in [0.1, 0.15) is 10.4 Å². The molecule has 1 amide bonds. The summed E-state index contributed by atoms with van der Waals surface area (Å²) in [6, 6.07) is 19.6. The Morgan fingerprint density at radius 2 is 1.67 bits per heavy atom. The van der Waals surface area contributed by atoms with E-state index in [9.17, 15) is 13.2 Å². The number of anilines is 2. The average molecular weight is 422 g/mol. The maximum Gasteiger partial charge on any atom is 0.261 e. The number of sulfonamides is 1. The number of carbonyl (C=O) groups excluding carboxylic acids is 1. The van der Waals surface area contributed by atoms with Gasteiger partial charge in [0.2, 0.25) is 5.95 Å². The van der Waals surface area contributed by atoms with E-state index in [0.717, 1.165) is 11.0 Å². The van der Waals surface area contributed by atoms with E-state index in [0.29, 0.717) is 22.9 Å². The number of rotatable bonds is 6. The maximum atomic E-state index is 12.5. The van der Waals surface area contributed by atoms with Gasteiger partial charge in [-0.2, -0.15) is 0 Å². The Balaban J connectivity index is 1.45. The molecule has 0 aliphatic rings. The molecular weight excluding hydrogens is 404 g/mol. The van der Waals surface area contributed by atoms with Crippen molar-refractivity contribution in [2.75, 3.05) is 17.1 Å². The van der Waals surface area contributed by atoms with Crippen molar-refractivity contribution in [3.05, 3.63) is 78.4 Å². The molecule has 0 aliphatic carbocycles. The van der Waals surface area contributed by atoms with E-state index in [1.807, 2.05) is 24.3 Å². The fourth-order valence-electron chi connectivity index (χ4n) is 2.85. The highest BCUT2D eigenvalue weighted by Crippen LogP contribution is 2.20. The Morgan fingerprint density at radius 3 is 2.33 bits per heavy atom. The third-order valence-electron chi connectivity index (χ3n) is 4.39. The third-order valence-corrected chi connectivity index (χ3v) is 5.79. The van der Waals surface area contributed by atoms with Gasteiger partial charge >= 0.3 is 0 Å². The van der Waals surface area contributed by atoms with Gasteiger partial charge in [-0.15, -0.1) is 0 Å². The number of hydrogen-bond acceptors (Lipinski definition) is 5. The van der Waals surface area contributed by atoms with Gasteiger partial charge in [0.15, 0.2) is 0 Å². The number of methoxy groups -OCH3 is 1. The van der Waals surface area contributed by atoms with E-state index >= 15 is 0 Å². The van der Waals surface area contributed by atoms with Crippen molar-refractivity contribution in [1.82, 2.24) is 9.97 Å². The fraction of sp³-hybridized carbons (Fsp3) is 0.0476. The van der Waals surface area contributed by atoms with Crippen molar-refractivity contribution < 1.29 is 17.9 Å². The molecule has 0 unspecified atom stereocenters. The standard InChI is InChI=1S/C21H18N4O4S/c1-29-16-10-12-17(13-11-16)30(27,28)25-15-8-6-14(7-9-15)20(26)24-21-22-18-4-2-3-5-19(18)23-21/h2-13,25H,1H3,(H2,22,23,24,26). The lowest BCUT2D eigenvalue weighted by Gasteiger charge is -2.09. The predicted octanol–water partition coefficient (Wildman–Crippen LogP) is 3.62. The first-order valence-corrected chi connectivity index (χ1v) is 10.5. The molecule has 9 heteroatoms. The number of benzene rings is 3. The van der Waals surface area contributed by atoms with Crippen molar-refractivity contribution >= 4 is 38.6 Å². The molecule has 0 saturated heterocycles. The first-order chi connectivity index (χ1) is 14.4. The van der Waals surface area contributed by atoms with Crippen LogP contribution < -0.4 is 14.8 Å². The number of amides is 1. The predicted molar refractivity (Wildman–Crippen MR) is 114 cm³/mol. The molecule has 152 valence electrons. The number of aromatic nitrogens is 2. The number of nitrogens with one attached hydrogen (secondary N) is 3. The summed E-state index contributed by atoms with van der Waals surface area (Å²) in [5.41, 5.74) is 2.26. The fourth-order valence-corrected chi connectivity index (χ4v) is 3.91. The van der Waals surface area contributed by atoms with Crippen LogP contribution in [0.25, 0.3) is 11.0 Å². The lowest BCUT2D eigenvalue weighted by atomic mass is 10.2. The van der Waals surface area contributed by atoms with Gasteiger partial charge in [0, 0.05) is 11.3 Å². The van der Waals surface area contributed by atoms with Crippen molar-refractivity contribution in [3.63, 3.8) is 0 Å². The van der Waals surface area contributed by atoms with Gasteiger partial charge < -0.3 is 9.72 Å². The molecule has 0 radical (unpaired) electrons. The molecule has 4 rings (SSSR count). The summed E-state index contributed by atoms with van der Waals surface area (Å²) in [4.78, 5) is 19.9. The van der Waals surface area contributed by atoms with Gasteiger partial charge in [0.25, 0.3) is 15.9 Å². The zero-order valence-corrected chi connectivity index (χ0v) is 16.7. The number of carbonyl (C=O) groups is 1. The second-order valence-electron chi connectivity index (χ2n) is 6.42. The minimum atomic E-state index is -3.76. The van der Waals surface area contributed by atoms with Crippen LogP contribution in [-0.2, 0) is 10.0 Å². The largest absolute Gasteiger partial charge is 0.497 e. The van der Waals surface area contributed by atoms with Crippen LogP contribution in [0.5, 0.6) is 5.75 Å². The van der Waals surface area contributed by atoms with Gasteiger partial charge in [0.05, 0.1) is 23.0 Å². The molecule has 0 aliphatic heterocycles. The third kappa shape index (κ3) is 4.11. The Bertz CT molecular complexity index is 1260. The number of nitrogens with zero attached hydrogens (tertiary/aromatic N) is 1. The summed E-state index contributed by atoms with van der Waals surface area (Å²) in [5, 5.41) is 2.70. The number of H-pyrrole nitrogens is 1. The molecular formula is C21H18N4O4S. The summed E-state index contributed by atoms with van der Waals surface area (Å²) < 4.78 is 32.5. The Labute approximate surface area is 173 Å². The Morgan fingerprint density at radius 1 is 0.967 bits per heavy atom. The number of imidazole rings is 1. The zero-order chi connectivity index (χ0) is 21.1. The van der Waals surface area contributed by atoms with Crippen molar-refractivity contribution in [1.29, 1.82) is 0 Å². The minimum Gasteiger partial charge on any atom is -0.497 e. The summed E-state index contributed by atoms with van der Waals surface area (Å²) >= 11 is 0. The molecule has 1 heterocycles. The molecule has 3 N–H and O–H groups in total. The normalized spacial score (nSPS) is 11.2. The molecule has 4 aromatic rings. The van der Waals surface area contributed by atoms with Crippen LogP contribution in [0.4, 0.5) is 11.6 Å². The maximum absolute atomic E-state index is 12.5. The molecule has 1 aromatic heterocycles. The Kier molecular flexibility index (Phi) is 5.11. The lowest BCUT2D eigenvalue weighted by Crippen LogP contribution is -2.14. The van der Waals surface area contributed by atoms with Crippen LogP contribution in [0.15, 0.2) is 77.7 Å². The van der Waals surface area contributed by atoms with Crippen LogP contribution >= 0.6 is 0 Å². The molecule has 0 saturated carbocycles. The highest BCUT2D eigenvalue weighted by Gasteiger charge is 2.15. The zero-order valence-electron chi connectivity index (χ0n) is 15.9. The van der Waals surface area contributed by atoms with Crippen LogP contribution in [0, 0.1) is 0 Å². The van der Waals surface area contributed by atoms with Gasteiger partial charge in [0.1, 0.15) is 5.75 Å². The first-order valence-electron chi connectivity index (χ1n) is 8.98. The number of para-hydroxylation sites is 2. The molecule has 0 spiro atoms. The SMILES string of the molecule is COc1ccc(S(=O)(=O)Nc2ccc(C(=O)Nc3nc4ccccc4[nH]3)cc2)cc1.